The lowest BCUT2D eigenvalue weighted by Gasteiger charge is -2.10. The summed E-state index contributed by atoms with van der Waals surface area (Å²) in [6, 6.07) is 11.6. The molecular weight excluding hydrogens is 396 g/mol. The molecule has 1 N–H and O–H groups in total. The maximum absolute atomic E-state index is 12.5. The number of hydrogen-bond acceptors (Lipinski definition) is 1. The summed E-state index contributed by atoms with van der Waals surface area (Å²) in [5.41, 5.74) is 1.18. The molecule has 0 saturated carbocycles. The van der Waals surface area contributed by atoms with Crippen LogP contribution < -0.4 is 0 Å². The van der Waals surface area contributed by atoms with Crippen molar-refractivity contribution < 1.29 is 23.1 Å². The molecule has 1 unspecified atom stereocenters. The first kappa shape index (κ1) is 15.8. The molecule has 0 aliphatic heterocycles. The van der Waals surface area contributed by atoms with Gasteiger partial charge in [-0.1, -0.05) is 52.9 Å². The minimum Gasteiger partial charge on any atom is -0.480 e. The van der Waals surface area contributed by atoms with Gasteiger partial charge in [0.05, 0.1) is 5.56 Å². The van der Waals surface area contributed by atoms with E-state index >= 15 is 0 Å². The van der Waals surface area contributed by atoms with Crippen molar-refractivity contribution in [1.29, 1.82) is 0 Å². The van der Waals surface area contributed by atoms with Gasteiger partial charge in [-0.2, -0.15) is 13.2 Å². The minimum absolute atomic E-state index is 0.598. The Labute approximate surface area is 132 Å². The highest BCUT2D eigenvalue weighted by Gasteiger charge is 2.30. The van der Waals surface area contributed by atoms with Crippen molar-refractivity contribution in [2.45, 2.75) is 10.1 Å². The van der Waals surface area contributed by atoms with Crippen LogP contribution in [0.5, 0.6) is 0 Å². The van der Waals surface area contributed by atoms with Gasteiger partial charge in [0.25, 0.3) is 0 Å². The third-order valence-corrected chi connectivity index (χ3v) is 4.19. The number of benzene rings is 2. The fraction of sp³-hybridized carbons (Fsp3) is 0.133. The van der Waals surface area contributed by atoms with Crippen LogP contribution in [0, 0.1) is 0 Å². The average molecular weight is 406 g/mol. The molecular formula is C15H10F3IO2. The topological polar surface area (TPSA) is 37.3 Å². The minimum atomic E-state index is -4.36. The molecule has 1 atom stereocenters. The van der Waals surface area contributed by atoms with Crippen LogP contribution in [0.15, 0.2) is 48.5 Å². The van der Waals surface area contributed by atoms with E-state index in [9.17, 15) is 18.0 Å². The van der Waals surface area contributed by atoms with Crippen molar-refractivity contribution in [2.75, 3.05) is 0 Å². The van der Waals surface area contributed by atoms with Gasteiger partial charge in [0.1, 0.15) is 3.92 Å². The van der Waals surface area contributed by atoms with E-state index in [2.05, 4.69) is 0 Å². The number of carboxylic acids is 1. The van der Waals surface area contributed by atoms with Crippen LogP contribution in [0.3, 0.4) is 0 Å². The maximum atomic E-state index is 12.5. The molecule has 6 heteroatoms. The Kier molecular flexibility index (Phi) is 4.55. The number of carboxylic acid groups (broad SMARTS) is 1. The Bertz CT molecular complexity index is 651. The Hall–Kier alpha value is -1.57. The molecule has 0 heterocycles. The standard InChI is InChI=1S/C15H10F3IO2/c16-15(17,18)12-6-4-9(5-7-12)10-2-1-3-11(8-10)13(19)14(20)21/h1-8,13H,(H,20,21). The molecule has 0 radical (unpaired) electrons. The van der Waals surface area contributed by atoms with Crippen molar-refractivity contribution in [2.24, 2.45) is 0 Å². The third-order valence-electron chi connectivity index (χ3n) is 2.94. The molecule has 2 rings (SSSR count). The quantitative estimate of drug-likeness (QED) is 0.580. The monoisotopic (exact) mass is 406 g/mol. The Morgan fingerprint density at radius 3 is 2.19 bits per heavy atom. The highest BCUT2D eigenvalue weighted by atomic mass is 127. The van der Waals surface area contributed by atoms with E-state index in [0.717, 1.165) is 12.1 Å². The zero-order chi connectivity index (χ0) is 15.6. The lowest BCUT2D eigenvalue weighted by molar-refractivity contribution is -0.138. The summed E-state index contributed by atoms with van der Waals surface area (Å²) >= 11 is 1.80. The molecule has 0 amide bonds. The second-order valence-electron chi connectivity index (χ2n) is 4.40. The summed E-state index contributed by atoms with van der Waals surface area (Å²) in [6.07, 6.45) is -4.36. The van der Waals surface area contributed by atoms with Gasteiger partial charge >= 0.3 is 12.1 Å². The number of hydrogen-bond donors (Lipinski definition) is 1. The fourth-order valence-corrected chi connectivity index (χ4v) is 2.26. The normalized spacial score (nSPS) is 13.0. The molecule has 0 saturated heterocycles. The summed E-state index contributed by atoms with van der Waals surface area (Å²) in [6.45, 7) is 0. The lowest BCUT2D eigenvalue weighted by atomic mass is 10.0. The predicted molar refractivity (Wildman–Crippen MR) is 81.3 cm³/mol. The number of halogens is 4. The van der Waals surface area contributed by atoms with Crippen molar-refractivity contribution in [3.05, 3.63) is 59.7 Å². The van der Waals surface area contributed by atoms with Gasteiger partial charge in [0.2, 0.25) is 0 Å². The zero-order valence-electron chi connectivity index (χ0n) is 10.6. The summed E-state index contributed by atoms with van der Waals surface area (Å²) < 4.78 is 36.8. The molecule has 2 aromatic rings. The molecule has 2 nitrogen and oxygen atoms in total. The number of aliphatic carboxylic acids is 1. The van der Waals surface area contributed by atoms with Crippen molar-refractivity contribution in [3.8, 4) is 11.1 Å². The first-order valence-corrected chi connectivity index (χ1v) is 7.18. The molecule has 2 aromatic carbocycles. The van der Waals surface area contributed by atoms with E-state index < -0.39 is 21.6 Å². The molecule has 0 spiro atoms. The fourth-order valence-electron chi connectivity index (χ4n) is 1.87. The smallest absolute Gasteiger partial charge is 0.416 e. The lowest BCUT2D eigenvalue weighted by Crippen LogP contribution is -2.04. The Morgan fingerprint density at radius 1 is 1.05 bits per heavy atom. The molecule has 110 valence electrons. The van der Waals surface area contributed by atoms with Gasteiger partial charge in [0, 0.05) is 0 Å². The van der Waals surface area contributed by atoms with E-state index in [1.165, 1.54) is 12.1 Å². The second kappa shape index (κ2) is 6.05. The second-order valence-corrected chi connectivity index (χ2v) is 5.65. The molecule has 0 fully saturated rings. The SMILES string of the molecule is O=C(O)C(I)c1cccc(-c2ccc(C(F)(F)F)cc2)c1. The van der Waals surface area contributed by atoms with E-state index in [1.54, 1.807) is 46.9 Å². The highest BCUT2D eigenvalue weighted by molar-refractivity contribution is 14.1. The van der Waals surface area contributed by atoms with E-state index in [-0.39, 0.29) is 0 Å². The van der Waals surface area contributed by atoms with Crippen molar-refractivity contribution in [1.82, 2.24) is 0 Å². The predicted octanol–water partition coefficient (Wildman–Crippen LogP) is 4.93. The summed E-state index contributed by atoms with van der Waals surface area (Å²) in [5, 5.41) is 8.99. The summed E-state index contributed by atoms with van der Waals surface area (Å²) in [7, 11) is 0. The highest BCUT2D eigenvalue weighted by Crippen LogP contribution is 2.32. The maximum Gasteiger partial charge on any atom is 0.416 e. The van der Waals surface area contributed by atoms with Crippen LogP contribution in [-0.2, 0) is 11.0 Å². The third kappa shape index (κ3) is 3.75. The first-order valence-electron chi connectivity index (χ1n) is 5.93. The van der Waals surface area contributed by atoms with E-state index in [4.69, 9.17) is 5.11 Å². The molecule has 21 heavy (non-hydrogen) atoms. The Morgan fingerprint density at radius 2 is 1.67 bits per heavy atom. The molecule has 0 bridgehead atoms. The number of rotatable bonds is 3. The molecule has 0 aliphatic rings. The van der Waals surface area contributed by atoms with Gasteiger partial charge < -0.3 is 5.11 Å². The molecule has 0 aromatic heterocycles. The van der Waals surface area contributed by atoms with Gasteiger partial charge in [-0.3, -0.25) is 4.79 Å². The van der Waals surface area contributed by atoms with Crippen LogP contribution in [-0.4, -0.2) is 11.1 Å². The van der Waals surface area contributed by atoms with Crippen molar-refractivity contribution in [3.63, 3.8) is 0 Å². The van der Waals surface area contributed by atoms with Gasteiger partial charge in [-0.15, -0.1) is 0 Å². The van der Waals surface area contributed by atoms with E-state index in [0.29, 0.717) is 16.7 Å². The van der Waals surface area contributed by atoms with E-state index in [1.807, 2.05) is 0 Å². The molecule has 0 aliphatic carbocycles. The van der Waals surface area contributed by atoms with Crippen molar-refractivity contribution >= 4 is 28.6 Å². The number of carbonyl (C=O) groups is 1. The van der Waals surface area contributed by atoms with Crippen LogP contribution in [0.2, 0.25) is 0 Å². The zero-order valence-corrected chi connectivity index (χ0v) is 12.7. The Balaban J connectivity index is 2.34. The summed E-state index contributed by atoms with van der Waals surface area (Å²) in [5.74, 6) is -0.958. The largest absolute Gasteiger partial charge is 0.480 e. The van der Waals surface area contributed by atoms with Crippen LogP contribution in [0.4, 0.5) is 13.2 Å². The van der Waals surface area contributed by atoms with Crippen LogP contribution in [0.1, 0.15) is 15.1 Å². The van der Waals surface area contributed by atoms with Crippen LogP contribution in [0.25, 0.3) is 11.1 Å². The van der Waals surface area contributed by atoms with Gasteiger partial charge in [-0.25, -0.2) is 0 Å². The van der Waals surface area contributed by atoms with Gasteiger partial charge in [-0.05, 0) is 34.9 Å². The summed E-state index contributed by atoms with van der Waals surface area (Å²) in [4.78, 5) is 11.0. The van der Waals surface area contributed by atoms with Gasteiger partial charge in [0.15, 0.2) is 0 Å². The first-order chi connectivity index (χ1) is 9.79. The average Bonchev–Trinajstić information content (AvgIpc) is 2.46. The van der Waals surface area contributed by atoms with Crippen LogP contribution >= 0.6 is 22.6 Å². The number of alkyl halides is 4.